The van der Waals surface area contributed by atoms with Crippen LogP contribution in [0.25, 0.3) is 0 Å². The second-order valence-corrected chi connectivity index (χ2v) is 6.16. The first kappa shape index (κ1) is 22.2. The molecule has 4 nitrogen and oxygen atoms in total. The zero-order valence-electron chi connectivity index (χ0n) is 15.2. The molecule has 3 N–H and O–H groups in total. The Balaban J connectivity index is 4.74. The number of hydrogen-bond donors (Lipinski definition) is 3. The second-order valence-electron chi connectivity index (χ2n) is 6.16. The minimum absolute atomic E-state index is 0.0152. The molecule has 0 heterocycles. The Kier molecular flexibility index (Phi) is 10.9. The van der Waals surface area contributed by atoms with Crippen molar-refractivity contribution in [3.63, 3.8) is 0 Å². The van der Waals surface area contributed by atoms with Crippen LogP contribution >= 0.6 is 0 Å². The lowest BCUT2D eigenvalue weighted by atomic mass is 10.0. The van der Waals surface area contributed by atoms with Crippen LogP contribution in [0, 0.1) is 0 Å². The monoisotopic (exact) mass is 334 g/mol. The molecule has 0 aliphatic heterocycles. The summed E-state index contributed by atoms with van der Waals surface area (Å²) in [6, 6.07) is 0. The van der Waals surface area contributed by atoms with Gasteiger partial charge in [-0.25, -0.2) is 0 Å². The summed E-state index contributed by atoms with van der Waals surface area (Å²) in [5.41, 5.74) is 2.82. The van der Waals surface area contributed by atoms with Crippen LogP contribution in [0.1, 0.15) is 41.0 Å². The van der Waals surface area contributed by atoms with E-state index in [0.29, 0.717) is 0 Å². The summed E-state index contributed by atoms with van der Waals surface area (Å²) in [6.07, 6.45) is 9.91. The van der Waals surface area contributed by atoms with Crippen LogP contribution in [0.15, 0.2) is 59.3 Å². The lowest BCUT2D eigenvalue weighted by molar-refractivity contribution is -0.112. The lowest BCUT2D eigenvalue weighted by Gasteiger charge is -2.16. The van der Waals surface area contributed by atoms with E-state index in [2.05, 4.69) is 0 Å². The number of ketones is 1. The summed E-state index contributed by atoms with van der Waals surface area (Å²) in [4.78, 5) is 10.9. The maximum atomic E-state index is 10.9. The topological polar surface area (TPSA) is 77.8 Å². The Morgan fingerprint density at radius 3 is 2.08 bits per heavy atom. The molecular weight excluding hydrogens is 304 g/mol. The zero-order valence-corrected chi connectivity index (χ0v) is 15.2. The summed E-state index contributed by atoms with van der Waals surface area (Å²) in [5, 5.41) is 28.8. The van der Waals surface area contributed by atoms with Gasteiger partial charge in [0.1, 0.15) is 0 Å². The van der Waals surface area contributed by atoms with E-state index in [-0.39, 0.29) is 12.2 Å². The number of aliphatic hydroxyl groups is 3. The molecule has 0 bridgehead atoms. The molecule has 4 heteroatoms. The van der Waals surface area contributed by atoms with Gasteiger partial charge in [0, 0.05) is 6.42 Å². The molecule has 0 fully saturated rings. The van der Waals surface area contributed by atoms with Gasteiger partial charge in [-0.15, -0.1) is 0 Å². The van der Waals surface area contributed by atoms with Gasteiger partial charge in [-0.1, -0.05) is 53.2 Å². The van der Waals surface area contributed by atoms with E-state index in [9.17, 15) is 20.1 Å². The lowest BCUT2D eigenvalue weighted by Crippen LogP contribution is -2.27. The third kappa shape index (κ3) is 11.8. The van der Waals surface area contributed by atoms with Gasteiger partial charge in [0.05, 0.1) is 18.3 Å². The third-order valence-electron chi connectivity index (χ3n) is 3.16. The average Bonchev–Trinajstić information content (AvgIpc) is 2.44. The van der Waals surface area contributed by atoms with E-state index < -0.39 is 18.3 Å². The molecule has 0 aromatic rings. The first-order valence-electron chi connectivity index (χ1n) is 8.06. The van der Waals surface area contributed by atoms with Crippen LogP contribution in [0.4, 0.5) is 0 Å². The van der Waals surface area contributed by atoms with E-state index in [0.717, 1.165) is 16.7 Å². The molecule has 3 atom stereocenters. The Morgan fingerprint density at radius 2 is 1.54 bits per heavy atom. The Labute approximate surface area is 145 Å². The predicted octanol–water partition coefficient (Wildman–Crippen LogP) is 3.02. The van der Waals surface area contributed by atoms with Crippen molar-refractivity contribution < 1.29 is 20.1 Å². The van der Waals surface area contributed by atoms with Crippen LogP contribution < -0.4 is 0 Å². The Hall–Kier alpha value is -1.75. The van der Waals surface area contributed by atoms with E-state index in [1.807, 2.05) is 45.1 Å². The SMILES string of the molecule is CC(=O)/C=C/C(C)=CC(C)=C/C=C/C(C)=C/[C@H](O)[C@@H](O)C[C@@H](C)O. The van der Waals surface area contributed by atoms with Crippen molar-refractivity contribution in [1.82, 2.24) is 0 Å². The van der Waals surface area contributed by atoms with Crippen molar-refractivity contribution in [1.29, 1.82) is 0 Å². The molecule has 0 spiro atoms. The fraction of sp³-hybridized carbons (Fsp3) is 0.450. The zero-order chi connectivity index (χ0) is 18.7. The number of carbonyl (C=O) groups is 1. The number of carbonyl (C=O) groups excluding carboxylic acids is 1. The first-order valence-corrected chi connectivity index (χ1v) is 8.06. The molecule has 134 valence electrons. The number of aliphatic hydroxyl groups excluding tert-OH is 3. The van der Waals surface area contributed by atoms with E-state index >= 15 is 0 Å². The van der Waals surface area contributed by atoms with Crippen molar-refractivity contribution in [2.45, 2.75) is 59.4 Å². The van der Waals surface area contributed by atoms with E-state index in [1.54, 1.807) is 19.1 Å². The number of hydrogen-bond acceptors (Lipinski definition) is 4. The van der Waals surface area contributed by atoms with Gasteiger partial charge < -0.3 is 15.3 Å². The summed E-state index contributed by atoms with van der Waals surface area (Å²) in [5.74, 6) is 0.0152. The quantitative estimate of drug-likeness (QED) is 0.447. The smallest absolute Gasteiger partial charge is 0.152 e. The van der Waals surface area contributed by atoms with Gasteiger partial charge in [-0.3, -0.25) is 4.79 Å². The molecule has 0 aliphatic carbocycles. The van der Waals surface area contributed by atoms with Gasteiger partial charge in [0.2, 0.25) is 0 Å². The van der Waals surface area contributed by atoms with E-state index in [1.165, 1.54) is 13.0 Å². The van der Waals surface area contributed by atoms with Gasteiger partial charge in [0.25, 0.3) is 0 Å². The molecule has 0 aromatic heterocycles. The highest BCUT2D eigenvalue weighted by Crippen LogP contribution is 2.08. The minimum atomic E-state index is -1.01. The Morgan fingerprint density at radius 1 is 0.917 bits per heavy atom. The highest BCUT2D eigenvalue weighted by Gasteiger charge is 2.15. The summed E-state index contributed by atoms with van der Waals surface area (Å²) >= 11 is 0. The maximum Gasteiger partial charge on any atom is 0.152 e. The Bertz CT molecular complexity index is 548. The van der Waals surface area contributed by atoms with Crippen molar-refractivity contribution in [2.24, 2.45) is 0 Å². The third-order valence-corrected chi connectivity index (χ3v) is 3.16. The molecule has 0 rings (SSSR count). The van der Waals surface area contributed by atoms with Crippen LogP contribution in [0.2, 0.25) is 0 Å². The molecule has 0 unspecified atom stereocenters. The van der Waals surface area contributed by atoms with Crippen molar-refractivity contribution in [3.05, 3.63) is 59.3 Å². The number of rotatable bonds is 9. The first-order chi connectivity index (χ1) is 11.1. The molecule has 0 aliphatic rings. The average molecular weight is 334 g/mol. The van der Waals surface area contributed by atoms with Crippen molar-refractivity contribution in [3.8, 4) is 0 Å². The molecule has 0 aromatic carbocycles. The molecular formula is C20H30O4. The van der Waals surface area contributed by atoms with Gasteiger partial charge in [-0.2, -0.15) is 0 Å². The highest BCUT2D eigenvalue weighted by atomic mass is 16.3. The maximum absolute atomic E-state index is 10.9. The largest absolute Gasteiger partial charge is 0.393 e. The second kappa shape index (κ2) is 11.7. The molecule has 24 heavy (non-hydrogen) atoms. The van der Waals surface area contributed by atoms with Crippen molar-refractivity contribution >= 4 is 5.78 Å². The van der Waals surface area contributed by atoms with Gasteiger partial charge in [-0.05, 0) is 40.7 Å². The van der Waals surface area contributed by atoms with Crippen LogP contribution in [-0.2, 0) is 4.79 Å². The van der Waals surface area contributed by atoms with Gasteiger partial charge in [0.15, 0.2) is 5.78 Å². The number of allylic oxidation sites excluding steroid dienone is 9. The molecule has 0 saturated carbocycles. The standard InChI is InChI=1S/C20H30O4/c1-14(11-16(3)9-10-17(4)21)7-6-8-15(2)12-19(23)20(24)13-18(5)22/h6-12,18-20,22-24H,13H2,1-5H3/b8-6+,10-9+,14-7?,15-12+,16-11?/t18-,19+,20+/m1/s1. The molecule has 0 amide bonds. The summed E-state index contributed by atoms with van der Waals surface area (Å²) < 4.78 is 0. The predicted molar refractivity (Wildman–Crippen MR) is 98.5 cm³/mol. The normalized spacial score (nSPS) is 18.2. The highest BCUT2D eigenvalue weighted by molar-refractivity contribution is 5.87. The fourth-order valence-electron chi connectivity index (χ4n) is 1.98. The van der Waals surface area contributed by atoms with Crippen molar-refractivity contribution in [2.75, 3.05) is 0 Å². The van der Waals surface area contributed by atoms with Crippen LogP contribution in [0.3, 0.4) is 0 Å². The fourth-order valence-corrected chi connectivity index (χ4v) is 1.98. The van der Waals surface area contributed by atoms with E-state index in [4.69, 9.17) is 0 Å². The minimum Gasteiger partial charge on any atom is -0.393 e. The molecule has 0 radical (unpaired) electrons. The molecule has 0 saturated heterocycles. The van der Waals surface area contributed by atoms with Crippen LogP contribution in [-0.4, -0.2) is 39.4 Å². The van der Waals surface area contributed by atoms with Gasteiger partial charge >= 0.3 is 0 Å². The summed E-state index contributed by atoms with van der Waals surface area (Å²) in [6.45, 7) is 8.79. The van der Waals surface area contributed by atoms with Crippen LogP contribution in [0.5, 0.6) is 0 Å². The summed E-state index contributed by atoms with van der Waals surface area (Å²) in [7, 11) is 0.